The van der Waals surface area contributed by atoms with Crippen molar-refractivity contribution in [3.8, 4) is 0 Å². The lowest BCUT2D eigenvalue weighted by atomic mass is 9.91. The predicted octanol–water partition coefficient (Wildman–Crippen LogP) is 5.73. The van der Waals surface area contributed by atoms with Crippen LogP contribution in [0.25, 0.3) is 0 Å². The van der Waals surface area contributed by atoms with Crippen LogP contribution in [0.15, 0.2) is 12.4 Å². The minimum Gasteiger partial charge on any atom is -0.381 e. The molecule has 0 bridgehead atoms. The SMILES string of the molecule is CCCOCCCCCCCCN1CCC(c2cnc(N3C(CC)CN(C)CC3CC)nc2)CC1. The molecular formula is C29H53N5O. The smallest absolute Gasteiger partial charge is 0.225 e. The molecule has 0 saturated carbocycles. The summed E-state index contributed by atoms with van der Waals surface area (Å²) in [6.45, 7) is 14.5. The molecule has 2 aliphatic rings. The highest BCUT2D eigenvalue weighted by Gasteiger charge is 2.33. The van der Waals surface area contributed by atoms with E-state index in [4.69, 9.17) is 14.7 Å². The van der Waals surface area contributed by atoms with Crippen molar-refractivity contribution in [1.82, 2.24) is 19.8 Å². The fourth-order valence-electron chi connectivity index (χ4n) is 5.90. The number of piperazine rings is 1. The molecule has 6 nitrogen and oxygen atoms in total. The lowest BCUT2D eigenvalue weighted by Gasteiger charge is -2.45. The maximum absolute atomic E-state index is 5.57. The first-order valence-corrected chi connectivity index (χ1v) is 14.7. The Morgan fingerprint density at radius 1 is 0.829 bits per heavy atom. The summed E-state index contributed by atoms with van der Waals surface area (Å²) in [5, 5.41) is 0. The van der Waals surface area contributed by atoms with Crippen LogP contribution in [-0.4, -0.2) is 84.8 Å². The van der Waals surface area contributed by atoms with Gasteiger partial charge in [0.1, 0.15) is 0 Å². The van der Waals surface area contributed by atoms with E-state index in [1.54, 1.807) is 0 Å². The number of piperidine rings is 1. The van der Waals surface area contributed by atoms with E-state index in [0.717, 1.165) is 51.5 Å². The number of likely N-dealkylation sites (N-methyl/N-ethyl adjacent to an activating group) is 1. The average Bonchev–Trinajstić information content (AvgIpc) is 2.89. The number of hydrogen-bond acceptors (Lipinski definition) is 6. The molecule has 0 aliphatic carbocycles. The summed E-state index contributed by atoms with van der Waals surface area (Å²) in [6.07, 6.45) is 18.2. The molecule has 0 spiro atoms. The molecule has 2 aliphatic heterocycles. The summed E-state index contributed by atoms with van der Waals surface area (Å²) < 4.78 is 5.57. The minimum atomic E-state index is 0.507. The van der Waals surface area contributed by atoms with Gasteiger partial charge in [0.2, 0.25) is 5.95 Å². The summed E-state index contributed by atoms with van der Waals surface area (Å²) in [6, 6.07) is 1.01. The Morgan fingerprint density at radius 2 is 1.43 bits per heavy atom. The van der Waals surface area contributed by atoms with Crippen molar-refractivity contribution in [2.45, 2.75) is 109 Å². The van der Waals surface area contributed by atoms with Crippen molar-refractivity contribution < 1.29 is 4.74 Å². The largest absolute Gasteiger partial charge is 0.381 e. The second kappa shape index (κ2) is 15.8. The van der Waals surface area contributed by atoms with Gasteiger partial charge in [-0.1, -0.05) is 46.5 Å². The van der Waals surface area contributed by atoms with Crippen LogP contribution in [0.3, 0.4) is 0 Å². The molecule has 200 valence electrons. The maximum Gasteiger partial charge on any atom is 0.225 e. The van der Waals surface area contributed by atoms with Crippen molar-refractivity contribution in [3.05, 3.63) is 18.0 Å². The Bertz CT molecular complexity index is 662. The monoisotopic (exact) mass is 487 g/mol. The van der Waals surface area contributed by atoms with E-state index < -0.39 is 0 Å². The summed E-state index contributed by atoms with van der Waals surface area (Å²) in [5.74, 6) is 1.55. The average molecular weight is 488 g/mol. The van der Waals surface area contributed by atoms with Crippen LogP contribution in [0.2, 0.25) is 0 Å². The number of hydrogen-bond donors (Lipinski definition) is 0. The van der Waals surface area contributed by atoms with Crippen LogP contribution in [0.1, 0.15) is 103 Å². The molecule has 2 unspecified atom stereocenters. The van der Waals surface area contributed by atoms with Gasteiger partial charge < -0.3 is 19.4 Å². The van der Waals surface area contributed by atoms with Crippen molar-refractivity contribution >= 4 is 5.95 Å². The number of unbranched alkanes of at least 4 members (excludes halogenated alkanes) is 5. The van der Waals surface area contributed by atoms with Crippen LogP contribution in [-0.2, 0) is 4.74 Å². The third kappa shape index (κ3) is 8.98. The molecule has 0 aromatic carbocycles. The quantitative estimate of drug-likeness (QED) is 0.294. The first-order valence-electron chi connectivity index (χ1n) is 14.7. The number of anilines is 1. The van der Waals surface area contributed by atoms with Gasteiger partial charge in [0.05, 0.1) is 0 Å². The third-order valence-corrected chi connectivity index (χ3v) is 8.08. The molecule has 0 radical (unpaired) electrons. The van der Waals surface area contributed by atoms with Gasteiger partial charge in [-0.3, -0.25) is 0 Å². The number of aromatic nitrogens is 2. The molecule has 1 aromatic rings. The van der Waals surface area contributed by atoms with Crippen LogP contribution < -0.4 is 4.90 Å². The van der Waals surface area contributed by atoms with Gasteiger partial charge in [-0.2, -0.15) is 0 Å². The van der Waals surface area contributed by atoms with Gasteiger partial charge in [0.25, 0.3) is 0 Å². The van der Waals surface area contributed by atoms with E-state index in [1.807, 2.05) is 0 Å². The minimum absolute atomic E-state index is 0.507. The molecule has 2 saturated heterocycles. The zero-order chi connectivity index (χ0) is 24.9. The lowest BCUT2D eigenvalue weighted by Crippen LogP contribution is -2.58. The van der Waals surface area contributed by atoms with E-state index in [-0.39, 0.29) is 0 Å². The maximum atomic E-state index is 5.57. The van der Waals surface area contributed by atoms with Crippen molar-refractivity contribution in [1.29, 1.82) is 0 Å². The predicted molar refractivity (Wildman–Crippen MR) is 147 cm³/mol. The highest BCUT2D eigenvalue weighted by Crippen LogP contribution is 2.29. The standard InChI is InChI=1S/C29H53N5O/c1-5-19-35-20-13-11-9-8-10-12-16-33-17-14-25(15-18-33)26-21-30-29(31-22-26)34-27(6-2)23-32(4)24-28(34)7-3/h21-22,25,27-28H,5-20,23-24H2,1-4H3. The van der Waals surface area contributed by atoms with Gasteiger partial charge in [-0.15, -0.1) is 0 Å². The van der Waals surface area contributed by atoms with Gasteiger partial charge >= 0.3 is 0 Å². The normalized spacial score (nSPS) is 22.7. The van der Waals surface area contributed by atoms with Crippen molar-refractivity contribution in [3.63, 3.8) is 0 Å². The summed E-state index contributed by atoms with van der Waals surface area (Å²) in [4.78, 5) is 17.4. The van der Waals surface area contributed by atoms with Crippen LogP contribution in [0.5, 0.6) is 0 Å². The molecule has 6 heteroatoms. The molecule has 3 heterocycles. The van der Waals surface area contributed by atoms with E-state index >= 15 is 0 Å². The molecule has 1 aromatic heterocycles. The van der Waals surface area contributed by atoms with E-state index in [0.29, 0.717) is 18.0 Å². The zero-order valence-electron chi connectivity index (χ0n) is 23.3. The molecule has 2 atom stereocenters. The Labute approximate surface area is 215 Å². The Morgan fingerprint density at radius 3 is 2.03 bits per heavy atom. The first-order chi connectivity index (χ1) is 17.2. The number of ether oxygens (including phenoxy) is 1. The van der Waals surface area contributed by atoms with Crippen LogP contribution in [0, 0.1) is 0 Å². The van der Waals surface area contributed by atoms with Crippen LogP contribution in [0.4, 0.5) is 5.95 Å². The molecule has 3 rings (SSSR count). The molecule has 2 fully saturated rings. The third-order valence-electron chi connectivity index (χ3n) is 8.08. The van der Waals surface area contributed by atoms with Gasteiger partial charge in [-0.25, -0.2) is 9.97 Å². The fourth-order valence-corrected chi connectivity index (χ4v) is 5.90. The molecular weight excluding hydrogens is 434 g/mol. The van der Waals surface area contributed by atoms with E-state index in [1.165, 1.54) is 76.6 Å². The van der Waals surface area contributed by atoms with E-state index in [2.05, 4.69) is 54.9 Å². The summed E-state index contributed by atoms with van der Waals surface area (Å²) in [5.41, 5.74) is 1.34. The summed E-state index contributed by atoms with van der Waals surface area (Å²) in [7, 11) is 2.24. The highest BCUT2D eigenvalue weighted by molar-refractivity contribution is 5.36. The Kier molecular flexibility index (Phi) is 12.8. The van der Waals surface area contributed by atoms with Gasteiger partial charge in [0.15, 0.2) is 0 Å². The molecule has 35 heavy (non-hydrogen) atoms. The Balaban J connectivity index is 1.35. The second-order valence-electron chi connectivity index (χ2n) is 10.9. The van der Waals surface area contributed by atoms with Crippen LogP contribution >= 0.6 is 0 Å². The lowest BCUT2D eigenvalue weighted by molar-refractivity contribution is 0.130. The highest BCUT2D eigenvalue weighted by atomic mass is 16.5. The van der Waals surface area contributed by atoms with Gasteiger partial charge in [0, 0.05) is 50.8 Å². The molecule has 0 amide bonds. The first kappa shape index (κ1) is 28.3. The summed E-state index contributed by atoms with van der Waals surface area (Å²) >= 11 is 0. The second-order valence-corrected chi connectivity index (χ2v) is 10.9. The number of rotatable bonds is 15. The van der Waals surface area contributed by atoms with Gasteiger partial charge in [-0.05, 0) is 83.1 Å². The van der Waals surface area contributed by atoms with Crippen molar-refractivity contribution in [2.75, 3.05) is 57.9 Å². The fraction of sp³-hybridized carbons (Fsp3) is 0.862. The van der Waals surface area contributed by atoms with E-state index in [9.17, 15) is 0 Å². The Hall–Kier alpha value is -1.24. The zero-order valence-corrected chi connectivity index (χ0v) is 23.3. The number of likely N-dealkylation sites (tertiary alicyclic amines) is 1. The number of nitrogens with zero attached hydrogens (tertiary/aromatic N) is 5. The topological polar surface area (TPSA) is 44.7 Å². The molecule has 0 N–H and O–H groups in total. The van der Waals surface area contributed by atoms with Crippen molar-refractivity contribution in [2.24, 2.45) is 0 Å².